The van der Waals surface area contributed by atoms with Gasteiger partial charge in [0.2, 0.25) is 0 Å². The summed E-state index contributed by atoms with van der Waals surface area (Å²) in [5.41, 5.74) is 5.67. The van der Waals surface area contributed by atoms with Gasteiger partial charge >= 0.3 is 0 Å². The van der Waals surface area contributed by atoms with E-state index in [4.69, 9.17) is 4.98 Å². The third-order valence-corrected chi connectivity index (χ3v) is 3.71. The molecule has 3 heterocycles. The van der Waals surface area contributed by atoms with E-state index >= 15 is 0 Å². The lowest BCUT2D eigenvalue weighted by molar-refractivity contribution is 0.810. The van der Waals surface area contributed by atoms with E-state index in [1.165, 1.54) is 0 Å². The van der Waals surface area contributed by atoms with Gasteiger partial charge in [-0.2, -0.15) is 10.2 Å². The van der Waals surface area contributed by atoms with Gasteiger partial charge in [-0.15, -0.1) is 0 Å². The molecule has 22 heavy (non-hydrogen) atoms. The van der Waals surface area contributed by atoms with Crippen molar-refractivity contribution in [1.82, 2.24) is 25.4 Å². The Hall–Kier alpha value is -2.43. The Morgan fingerprint density at radius 3 is 1.55 bits per heavy atom. The van der Waals surface area contributed by atoms with Gasteiger partial charge in [0.25, 0.3) is 0 Å². The lowest BCUT2D eigenvalue weighted by atomic mass is 10.1. The third kappa shape index (κ3) is 2.79. The van der Waals surface area contributed by atoms with Crippen molar-refractivity contribution in [2.75, 3.05) is 0 Å². The van der Waals surface area contributed by atoms with Gasteiger partial charge in [-0.25, -0.2) is 4.98 Å². The summed E-state index contributed by atoms with van der Waals surface area (Å²) in [4.78, 5) is 4.69. The molecule has 0 radical (unpaired) electrons. The zero-order chi connectivity index (χ0) is 15.7. The first-order valence-corrected chi connectivity index (χ1v) is 7.63. The monoisotopic (exact) mass is 295 g/mol. The number of pyridine rings is 1. The fourth-order valence-electron chi connectivity index (χ4n) is 2.25. The van der Waals surface area contributed by atoms with E-state index in [9.17, 15) is 0 Å². The lowest BCUT2D eigenvalue weighted by Gasteiger charge is -2.00. The molecule has 2 N–H and O–H groups in total. The van der Waals surface area contributed by atoms with Crippen LogP contribution < -0.4 is 0 Å². The van der Waals surface area contributed by atoms with Gasteiger partial charge in [-0.1, -0.05) is 33.8 Å². The van der Waals surface area contributed by atoms with Crippen LogP contribution >= 0.6 is 0 Å². The molecule has 0 unspecified atom stereocenters. The van der Waals surface area contributed by atoms with Crippen molar-refractivity contribution in [3.8, 4) is 22.8 Å². The van der Waals surface area contributed by atoms with E-state index in [0.717, 1.165) is 34.2 Å². The highest BCUT2D eigenvalue weighted by molar-refractivity contribution is 5.62. The van der Waals surface area contributed by atoms with Crippen LogP contribution in [0.15, 0.2) is 30.3 Å². The largest absolute Gasteiger partial charge is 0.282 e. The van der Waals surface area contributed by atoms with Gasteiger partial charge < -0.3 is 0 Å². The highest BCUT2D eigenvalue weighted by atomic mass is 15.1. The van der Waals surface area contributed by atoms with Gasteiger partial charge in [0.05, 0.1) is 11.4 Å². The first kappa shape index (κ1) is 14.5. The molecule has 0 aliphatic carbocycles. The Balaban J connectivity index is 1.94. The van der Waals surface area contributed by atoms with Gasteiger partial charge in [-0.3, -0.25) is 10.2 Å². The van der Waals surface area contributed by atoms with Gasteiger partial charge in [0, 0.05) is 11.4 Å². The predicted octanol–water partition coefficient (Wildman–Crippen LogP) is 4.11. The second-order valence-corrected chi connectivity index (χ2v) is 6.13. The highest BCUT2D eigenvalue weighted by Gasteiger charge is 2.11. The highest BCUT2D eigenvalue weighted by Crippen LogP contribution is 2.24. The van der Waals surface area contributed by atoms with Gasteiger partial charge in [0.1, 0.15) is 11.4 Å². The Morgan fingerprint density at radius 2 is 1.18 bits per heavy atom. The molecule has 0 saturated carbocycles. The van der Waals surface area contributed by atoms with Crippen LogP contribution in [-0.2, 0) is 0 Å². The number of hydrogen-bond acceptors (Lipinski definition) is 3. The van der Waals surface area contributed by atoms with Crippen LogP contribution in [0.1, 0.15) is 50.9 Å². The number of rotatable bonds is 4. The Labute approximate surface area is 130 Å². The summed E-state index contributed by atoms with van der Waals surface area (Å²) in [6.07, 6.45) is 0. The van der Waals surface area contributed by atoms with Crippen LogP contribution in [0.4, 0.5) is 0 Å². The second kappa shape index (κ2) is 5.75. The SMILES string of the molecule is CC(C)c1cc(-c2cccc(-c3cc(C(C)C)[nH]n3)n2)n[nH]1. The molecule has 3 rings (SSSR count). The molecule has 0 bridgehead atoms. The Morgan fingerprint density at radius 1 is 0.727 bits per heavy atom. The van der Waals surface area contributed by atoms with E-state index in [1.54, 1.807) is 0 Å². The maximum atomic E-state index is 4.69. The average Bonchev–Trinajstić information content (AvgIpc) is 3.17. The van der Waals surface area contributed by atoms with Crippen LogP contribution in [0.25, 0.3) is 22.8 Å². The molecule has 0 aromatic carbocycles. The molecule has 0 aliphatic rings. The van der Waals surface area contributed by atoms with Crippen LogP contribution in [0, 0.1) is 0 Å². The second-order valence-electron chi connectivity index (χ2n) is 6.13. The lowest BCUT2D eigenvalue weighted by Crippen LogP contribution is -1.88. The molecule has 114 valence electrons. The predicted molar refractivity (Wildman–Crippen MR) is 87.6 cm³/mol. The van der Waals surface area contributed by atoms with Crippen molar-refractivity contribution >= 4 is 0 Å². The smallest absolute Gasteiger partial charge is 0.111 e. The molecule has 0 aliphatic heterocycles. The first-order valence-electron chi connectivity index (χ1n) is 7.63. The topological polar surface area (TPSA) is 70.2 Å². The molecule has 3 aromatic rings. The summed E-state index contributed by atoms with van der Waals surface area (Å²) in [6.45, 7) is 8.55. The summed E-state index contributed by atoms with van der Waals surface area (Å²) in [6, 6.07) is 10.0. The van der Waals surface area contributed by atoms with Gasteiger partial charge in [-0.05, 0) is 36.1 Å². The number of nitrogens with zero attached hydrogens (tertiary/aromatic N) is 3. The van der Waals surface area contributed by atoms with Crippen molar-refractivity contribution in [2.45, 2.75) is 39.5 Å². The molecule has 0 atom stereocenters. The molecule has 0 spiro atoms. The molecule has 5 heteroatoms. The molecular formula is C17H21N5. The minimum absolute atomic E-state index is 0.421. The Bertz CT molecular complexity index is 705. The summed E-state index contributed by atoms with van der Waals surface area (Å²) < 4.78 is 0. The van der Waals surface area contributed by atoms with E-state index in [-0.39, 0.29) is 0 Å². The fourth-order valence-corrected chi connectivity index (χ4v) is 2.25. The molecule has 0 fully saturated rings. The average molecular weight is 295 g/mol. The number of aromatic amines is 2. The third-order valence-electron chi connectivity index (χ3n) is 3.71. The van der Waals surface area contributed by atoms with E-state index in [2.05, 4.69) is 60.2 Å². The molecule has 0 amide bonds. The van der Waals surface area contributed by atoms with Crippen LogP contribution in [0.3, 0.4) is 0 Å². The molecule has 5 nitrogen and oxygen atoms in total. The van der Waals surface area contributed by atoms with Crippen LogP contribution in [0.5, 0.6) is 0 Å². The first-order chi connectivity index (χ1) is 10.5. The van der Waals surface area contributed by atoms with Crippen molar-refractivity contribution in [1.29, 1.82) is 0 Å². The van der Waals surface area contributed by atoms with Crippen molar-refractivity contribution in [3.63, 3.8) is 0 Å². The quantitative estimate of drug-likeness (QED) is 0.761. The fraction of sp³-hybridized carbons (Fsp3) is 0.353. The molecular weight excluding hydrogens is 274 g/mol. The van der Waals surface area contributed by atoms with Crippen molar-refractivity contribution < 1.29 is 0 Å². The molecule has 0 saturated heterocycles. The van der Waals surface area contributed by atoms with Crippen molar-refractivity contribution in [2.24, 2.45) is 0 Å². The minimum atomic E-state index is 0.421. The number of hydrogen-bond donors (Lipinski definition) is 2. The Kier molecular flexibility index (Phi) is 3.79. The summed E-state index contributed by atoms with van der Waals surface area (Å²) in [7, 11) is 0. The maximum Gasteiger partial charge on any atom is 0.111 e. The van der Waals surface area contributed by atoms with Crippen LogP contribution in [0.2, 0.25) is 0 Å². The van der Waals surface area contributed by atoms with Gasteiger partial charge in [0.15, 0.2) is 0 Å². The maximum absolute atomic E-state index is 4.69. The van der Waals surface area contributed by atoms with E-state index in [1.807, 2.05) is 18.2 Å². The van der Waals surface area contributed by atoms with E-state index < -0.39 is 0 Å². The summed E-state index contributed by atoms with van der Waals surface area (Å²) in [5.74, 6) is 0.841. The molecule has 3 aromatic heterocycles. The van der Waals surface area contributed by atoms with Crippen LogP contribution in [-0.4, -0.2) is 25.4 Å². The zero-order valence-electron chi connectivity index (χ0n) is 13.4. The number of nitrogens with one attached hydrogen (secondary N) is 2. The number of H-pyrrole nitrogens is 2. The van der Waals surface area contributed by atoms with Crippen molar-refractivity contribution in [3.05, 3.63) is 41.7 Å². The number of aromatic nitrogens is 5. The normalized spacial score (nSPS) is 11.5. The summed E-state index contributed by atoms with van der Waals surface area (Å²) >= 11 is 0. The summed E-state index contributed by atoms with van der Waals surface area (Å²) in [5, 5.41) is 14.9. The standard InChI is InChI=1S/C17H21N5/c1-10(2)14-8-16(21-19-14)12-6-5-7-13(18-12)17-9-15(11(3)4)20-22-17/h5-11H,1-4H3,(H,19,21)(H,20,22). The van der Waals surface area contributed by atoms with E-state index in [0.29, 0.717) is 11.8 Å². The zero-order valence-corrected chi connectivity index (χ0v) is 13.4. The minimum Gasteiger partial charge on any atom is -0.282 e.